The molecule has 0 saturated carbocycles. The lowest BCUT2D eigenvalue weighted by molar-refractivity contribution is 0.218. The Hall–Kier alpha value is -2.34. The topological polar surface area (TPSA) is 40.5 Å². The summed E-state index contributed by atoms with van der Waals surface area (Å²) < 4.78 is 15.7. The maximum Gasteiger partial charge on any atom is 0.321 e. The van der Waals surface area contributed by atoms with Gasteiger partial charge in [-0.05, 0) is 56.3 Å². The molecule has 2 heterocycles. The summed E-state index contributed by atoms with van der Waals surface area (Å²) in [5.41, 5.74) is 1.02. The maximum absolute atomic E-state index is 14.0. The fourth-order valence-electron chi connectivity index (χ4n) is 3.22. The van der Waals surface area contributed by atoms with Crippen LogP contribution in [0.4, 0.5) is 14.9 Å². The third-order valence-electron chi connectivity index (χ3n) is 4.76. The number of hydrogen-bond donors (Lipinski definition) is 1. The van der Waals surface area contributed by atoms with Crippen molar-refractivity contribution in [1.29, 1.82) is 0 Å². The highest BCUT2D eigenvalue weighted by Crippen LogP contribution is 2.21. The Kier molecular flexibility index (Phi) is 5.38. The van der Waals surface area contributed by atoms with Crippen molar-refractivity contribution >= 4 is 11.7 Å². The number of urea groups is 1. The molecule has 1 fully saturated rings. The Morgan fingerprint density at radius 2 is 2.12 bits per heavy atom. The molecule has 1 N–H and O–H groups in total. The molecule has 5 nitrogen and oxygen atoms in total. The smallest absolute Gasteiger partial charge is 0.321 e. The van der Waals surface area contributed by atoms with Crippen molar-refractivity contribution in [1.82, 2.24) is 14.4 Å². The van der Waals surface area contributed by atoms with E-state index in [0.717, 1.165) is 32.6 Å². The van der Waals surface area contributed by atoms with Crippen molar-refractivity contribution in [2.45, 2.75) is 13.3 Å². The van der Waals surface area contributed by atoms with E-state index >= 15 is 0 Å². The van der Waals surface area contributed by atoms with Crippen LogP contribution in [-0.4, -0.2) is 53.6 Å². The van der Waals surface area contributed by atoms with Crippen LogP contribution in [-0.2, 0) is 0 Å². The van der Waals surface area contributed by atoms with Gasteiger partial charge in [-0.15, -0.1) is 0 Å². The van der Waals surface area contributed by atoms with Crippen LogP contribution in [0.1, 0.15) is 13.3 Å². The summed E-state index contributed by atoms with van der Waals surface area (Å²) in [6.45, 7) is 5.69. The second-order valence-electron chi connectivity index (χ2n) is 6.64. The minimum Gasteiger partial charge on any atom is -0.324 e. The highest BCUT2D eigenvalue weighted by Gasteiger charge is 2.26. The Morgan fingerprint density at radius 1 is 1.36 bits per heavy atom. The largest absolute Gasteiger partial charge is 0.324 e. The summed E-state index contributed by atoms with van der Waals surface area (Å²) in [6.07, 6.45) is 4.58. The van der Waals surface area contributed by atoms with Gasteiger partial charge in [0.1, 0.15) is 5.82 Å². The van der Waals surface area contributed by atoms with E-state index in [9.17, 15) is 9.18 Å². The molecular weight excluding hydrogens is 319 g/mol. The number of benzene rings is 1. The fraction of sp³-hybridized carbons (Fsp3) is 0.421. The SMILES string of the molecule is CCN(C)C[C@@H]1CCN(C(=O)Nc2ccc(F)c(-n3cccc3)c2)C1. The highest BCUT2D eigenvalue weighted by molar-refractivity contribution is 5.89. The molecule has 134 valence electrons. The van der Waals surface area contributed by atoms with Gasteiger partial charge in [-0.25, -0.2) is 9.18 Å². The van der Waals surface area contributed by atoms with Gasteiger partial charge in [0.2, 0.25) is 0 Å². The predicted octanol–water partition coefficient (Wildman–Crippen LogP) is 3.42. The normalized spacial score (nSPS) is 17.3. The second kappa shape index (κ2) is 7.70. The zero-order valence-electron chi connectivity index (χ0n) is 14.8. The zero-order valence-corrected chi connectivity index (χ0v) is 14.8. The molecule has 0 aliphatic carbocycles. The molecule has 0 spiro atoms. The number of hydrogen-bond acceptors (Lipinski definition) is 2. The Bertz CT molecular complexity index is 716. The van der Waals surface area contributed by atoms with Gasteiger partial charge in [-0.1, -0.05) is 6.92 Å². The van der Waals surface area contributed by atoms with E-state index in [-0.39, 0.29) is 11.8 Å². The molecule has 0 radical (unpaired) electrons. The number of likely N-dealkylation sites (tertiary alicyclic amines) is 1. The average molecular weight is 344 g/mol. The van der Waals surface area contributed by atoms with Crippen LogP contribution in [0.2, 0.25) is 0 Å². The number of nitrogens with zero attached hydrogens (tertiary/aromatic N) is 3. The number of amides is 2. The van der Waals surface area contributed by atoms with E-state index in [2.05, 4.69) is 24.2 Å². The molecule has 2 aromatic rings. The van der Waals surface area contributed by atoms with Crippen LogP contribution in [0.3, 0.4) is 0 Å². The third kappa shape index (κ3) is 4.20. The van der Waals surface area contributed by atoms with E-state index in [4.69, 9.17) is 0 Å². The van der Waals surface area contributed by atoms with Crippen molar-refractivity contribution in [2.24, 2.45) is 5.92 Å². The summed E-state index contributed by atoms with van der Waals surface area (Å²) in [7, 11) is 2.10. The minimum absolute atomic E-state index is 0.119. The summed E-state index contributed by atoms with van der Waals surface area (Å²) in [5.74, 6) is 0.192. The van der Waals surface area contributed by atoms with Crippen LogP contribution < -0.4 is 5.32 Å². The van der Waals surface area contributed by atoms with E-state index in [1.54, 1.807) is 29.1 Å². The second-order valence-corrected chi connectivity index (χ2v) is 6.64. The van der Waals surface area contributed by atoms with Crippen molar-refractivity contribution in [2.75, 3.05) is 38.5 Å². The molecular formula is C19H25FN4O. The van der Waals surface area contributed by atoms with Gasteiger partial charge < -0.3 is 19.7 Å². The Labute approximate surface area is 148 Å². The molecule has 1 aliphatic heterocycles. The quantitative estimate of drug-likeness (QED) is 0.903. The number of carbonyl (C=O) groups excluding carboxylic acids is 1. The molecule has 25 heavy (non-hydrogen) atoms. The van der Waals surface area contributed by atoms with Crippen molar-refractivity contribution in [3.8, 4) is 5.69 Å². The first-order chi connectivity index (χ1) is 12.1. The molecule has 1 saturated heterocycles. The van der Waals surface area contributed by atoms with Crippen LogP contribution in [0.25, 0.3) is 5.69 Å². The molecule has 1 aliphatic rings. The summed E-state index contributed by atoms with van der Waals surface area (Å²) in [6, 6.07) is 8.19. The van der Waals surface area contributed by atoms with Crippen LogP contribution in [0.15, 0.2) is 42.7 Å². The van der Waals surface area contributed by atoms with E-state index in [1.165, 1.54) is 6.07 Å². The first kappa shape index (κ1) is 17.5. The molecule has 1 atom stereocenters. The van der Waals surface area contributed by atoms with Crippen LogP contribution >= 0.6 is 0 Å². The minimum atomic E-state index is -0.321. The van der Waals surface area contributed by atoms with Crippen LogP contribution in [0, 0.1) is 11.7 Å². The lowest BCUT2D eigenvalue weighted by Gasteiger charge is -2.20. The van der Waals surface area contributed by atoms with Gasteiger partial charge >= 0.3 is 6.03 Å². The summed E-state index contributed by atoms with van der Waals surface area (Å²) in [4.78, 5) is 16.6. The Balaban J connectivity index is 1.63. The van der Waals surface area contributed by atoms with Gasteiger partial charge in [-0.2, -0.15) is 0 Å². The number of aromatic nitrogens is 1. The molecule has 1 aromatic carbocycles. The van der Waals surface area contributed by atoms with Crippen molar-refractivity contribution < 1.29 is 9.18 Å². The van der Waals surface area contributed by atoms with E-state index in [1.807, 2.05) is 17.0 Å². The summed E-state index contributed by atoms with van der Waals surface area (Å²) >= 11 is 0. The van der Waals surface area contributed by atoms with Crippen molar-refractivity contribution in [3.63, 3.8) is 0 Å². The zero-order chi connectivity index (χ0) is 17.8. The number of rotatable bonds is 5. The predicted molar refractivity (Wildman–Crippen MR) is 97.6 cm³/mol. The molecule has 1 aromatic heterocycles. The van der Waals surface area contributed by atoms with Crippen molar-refractivity contribution in [3.05, 3.63) is 48.5 Å². The molecule has 6 heteroatoms. The highest BCUT2D eigenvalue weighted by atomic mass is 19.1. The van der Waals surface area contributed by atoms with Gasteiger partial charge in [0.05, 0.1) is 5.69 Å². The molecule has 0 unspecified atom stereocenters. The van der Waals surface area contributed by atoms with Gasteiger partial charge in [-0.3, -0.25) is 0 Å². The molecule has 3 rings (SSSR count). The maximum atomic E-state index is 14.0. The number of halogens is 1. The first-order valence-electron chi connectivity index (χ1n) is 8.74. The van der Waals surface area contributed by atoms with E-state index < -0.39 is 0 Å². The fourth-order valence-corrected chi connectivity index (χ4v) is 3.22. The number of nitrogens with one attached hydrogen (secondary N) is 1. The summed E-state index contributed by atoms with van der Waals surface area (Å²) in [5, 5.41) is 2.89. The lowest BCUT2D eigenvalue weighted by Crippen LogP contribution is -2.34. The van der Waals surface area contributed by atoms with Gasteiger partial charge in [0, 0.05) is 37.7 Å². The lowest BCUT2D eigenvalue weighted by atomic mass is 10.1. The first-order valence-corrected chi connectivity index (χ1v) is 8.74. The standard InChI is InChI=1S/C19H25FN4O/c1-3-22(2)13-15-8-11-24(14-15)19(25)21-16-6-7-17(20)18(12-16)23-9-4-5-10-23/h4-7,9-10,12,15H,3,8,11,13-14H2,1-2H3,(H,21,25)/t15-/m0/s1. The molecule has 0 bridgehead atoms. The van der Waals surface area contributed by atoms with Crippen LogP contribution in [0.5, 0.6) is 0 Å². The number of carbonyl (C=O) groups is 1. The Morgan fingerprint density at radius 3 is 2.84 bits per heavy atom. The van der Waals surface area contributed by atoms with E-state index in [0.29, 0.717) is 17.3 Å². The monoisotopic (exact) mass is 344 g/mol. The van der Waals surface area contributed by atoms with Gasteiger partial charge in [0.15, 0.2) is 0 Å². The van der Waals surface area contributed by atoms with Gasteiger partial charge in [0.25, 0.3) is 0 Å². The molecule has 2 amide bonds. The third-order valence-corrected chi connectivity index (χ3v) is 4.76. The average Bonchev–Trinajstić information content (AvgIpc) is 3.28. The number of anilines is 1.